The number of hydrogen-bond acceptors (Lipinski definition) is 5. The molecular weight excluding hydrogens is 342 g/mol. The molecule has 3 N–H and O–H groups in total. The zero-order valence-electron chi connectivity index (χ0n) is 16.0. The van der Waals surface area contributed by atoms with Gasteiger partial charge in [-0.25, -0.2) is 4.79 Å². The molecule has 0 saturated carbocycles. The van der Waals surface area contributed by atoms with Crippen LogP contribution in [0.4, 0.5) is 4.79 Å². The van der Waals surface area contributed by atoms with E-state index in [1.54, 1.807) is 34.6 Å². The minimum absolute atomic E-state index is 0.246. The van der Waals surface area contributed by atoms with Crippen molar-refractivity contribution < 1.29 is 29.0 Å². The highest BCUT2D eigenvalue weighted by atomic mass is 16.6. The van der Waals surface area contributed by atoms with Crippen LogP contribution in [-0.2, 0) is 19.1 Å². The molecular formula is C17H29N3O6. The Kier molecular flexibility index (Phi) is 7.41. The predicted molar refractivity (Wildman–Crippen MR) is 93.4 cm³/mol. The number of likely N-dealkylation sites (tertiary alicyclic amines) is 1. The number of amides is 3. The largest absolute Gasteiger partial charge is 0.480 e. The van der Waals surface area contributed by atoms with Gasteiger partial charge in [0.2, 0.25) is 11.8 Å². The summed E-state index contributed by atoms with van der Waals surface area (Å²) in [4.78, 5) is 49.0. The van der Waals surface area contributed by atoms with Crippen molar-refractivity contribution >= 4 is 23.9 Å². The number of hydrogen-bond donors (Lipinski definition) is 3. The van der Waals surface area contributed by atoms with Gasteiger partial charge in [-0.1, -0.05) is 13.8 Å². The van der Waals surface area contributed by atoms with Crippen LogP contribution < -0.4 is 10.6 Å². The topological polar surface area (TPSA) is 125 Å². The Labute approximate surface area is 153 Å². The minimum atomic E-state index is -1.17. The van der Waals surface area contributed by atoms with Crippen LogP contribution in [-0.4, -0.2) is 64.7 Å². The number of ether oxygens (including phenoxy) is 1. The summed E-state index contributed by atoms with van der Waals surface area (Å²) in [6.45, 7) is 8.61. The van der Waals surface area contributed by atoms with Crippen molar-refractivity contribution in [2.24, 2.45) is 5.92 Å². The molecule has 3 amide bonds. The van der Waals surface area contributed by atoms with E-state index in [9.17, 15) is 19.2 Å². The van der Waals surface area contributed by atoms with E-state index in [-0.39, 0.29) is 5.92 Å². The second-order valence-corrected chi connectivity index (χ2v) is 7.67. The van der Waals surface area contributed by atoms with Gasteiger partial charge in [0.05, 0.1) is 0 Å². The lowest BCUT2D eigenvalue weighted by Gasteiger charge is -2.29. The molecule has 1 fully saturated rings. The third-order valence-electron chi connectivity index (χ3n) is 3.84. The molecule has 9 nitrogen and oxygen atoms in total. The fourth-order valence-electron chi connectivity index (χ4n) is 2.64. The smallest absolute Gasteiger partial charge is 0.410 e. The molecule has 9 heteroatoms. The quantitative estimate of drug-likeness (QED) is 0.632. The highest BCUT2D eigenvalue weighted by molar-refractivity contribution is 5.92. The molecule has 0 unspecified atom stereocenters. The normalized spacial score (nSPS) is 18.4. The maximum absolute atomic E-state index is 12.6. The number of aliphatic carboxylic acids is 1. The van der Waals surface area contributed by atoms with Crippen LogP contribution in [0.3, 0.4) is 0 Å². The van der Waals surface area contributed by atoms with Crippen LogP contribution in [0.25, 0.3) is 0 Å². The van der Waals surface area contributed by atoms with Gasteiger partial charge in [0.15, 0.2) is 0 Å². The van der Waals surface area contributed by atoms with Crippen LogP contribution in [0.2, 0.25) is 0 Å². The van der Waals surface area contributed by atoms with E-state index in [1.807, 2.05) is 0 Å². The van der Waals surface area contributed by atoms with E-state index in [2.05, 4.69) is 10.6 Å². The first kappa shape index (κ1) is 21.7. The summed E-state index contributed by atoms with van der Waals surface area (Å²) in [7, 11) is 0. The van der Waals surface area contributed by atoms with E-state index in [4.69, 9.17) is 9.84 Å². The van der Waals surface area contributed by atoms with Gasteiger partial charge in [0, 0.05) is 6.54 Å². The Bertz CT molecular complexity index is 555. The highest BCUT2D eigenvalue weighted by Gasteiger charge is 2.38. The monoisotopic (exact) mass is 371 g/mol. The highest BCUT2D eigenvalue weighted by Crippen LogP contribution is 2.21. The summed E-state index contributed by atoms with van der Waals surface area (Å²) in [5.41, 5.74) is -0.669. The number of rotatable bonds is 6. The molecule has 1 rings (SSSR count). The van der Waals surface area contributed by atoms with Gasteiger partial charge in [-0.3, -0.25) is 19.3 Å². The van der Waals surface area contributed by atoms with Crippen molar-refractivity contribution in [3.63, 3.8) is 0 Å². The van der Waals surface area contributed by atoms with Crippen molar-refractivity contribution in [1.82, 2.24) is 15.5 Å². The molecule has 0 aliphatic carbocycles. The average Bonchev–Trinajstić information content (AvgIpc) is 2.97. The van der Waals surface area contributed by atoms with E-state index < -0.39 is 48.1 Å². The van der Waals surface area contributed by atoms with E-state index >= 15 is 0 Å². The summed E-state index contributed by atoms with van der Waals surface area (Å²) in [6, 6.07) is -1.60. The lowest BCUT2D eigenvalue weighted by molar-refractivity contribution is -0.138. The molecule has 1 aliphatic rings. The predicted octanol–water partition coefficient (Wildman–Crippen LogP) is 0.728. The molecule has 0 aromatic heterocycles. The molecule has 1 heterocycles. The van der Waals surface area contributed by atoms with Crippen LogP contribution >= 0.6 is 0 Å². The van der Waals surface area contributed by atoms with Crippen LogP contribution in [0.5, 0.6) is 0 Å². The van der Waals surface area contributed by atoms with Crippen molar-refractivity contribution in [3.05, 3.63) is 0 Å². The first-order valence-electron chi connectivity index (χ1n) is 8.72. The summed E-state index contributed by atoms with van der Waals surface area (Å²) in [5.74, 6) is -2.43. The van der Waals surface area contributed by atoms with E-state index in [0.717, 1.165) is 0 Å². The molecule has 1 saturated heterocycles. The lowest BCUT2D eigenvalue weighted by atomic mass is 10.0. The maximum atomic E-state index is 12.6. The van der Waals surface area contributed by atoms with Gasteiger partial charge in [-0.15, -0.1) is 0 Å². The summed E-state index contributed by atoms with van der Waals surface area (Å²) in [5, 5.41) is 13.6. The van der Waals surface area contributed by atoms with Crippen molar-refractivity contribution in [1.29, 1.82) is 0 Å². The van der Waals surface area contributed by atoms with Crippen molar-refractivity contribution in [2.45, 2.75) is 65.1 Å². The average molecular weight is 371 g/mol. The van der Waals surface area contributed by atoms with Gasteiger partial charge < -0.3 is 20.5 Å². The number of carboxylic acids is 1. The standard InChI is InChI=1S/C17H29N3O6/c1-10(2)13(15(24)18-9-12(21)22)19-14(23)11-7-6-8-20(11)16(25)26-17(3,4)5/h10-11,13H,6-9H2,1-5H3,(H,18,24)(H,19,23)(H,21,22)/t11-,13-/m0/s1. The summed E-state index contributed by atoms with van der Waals surface area (Å²) in [6.07, 6.45) is 0.577. The Balaban J connectivity index is 2.77. The Morgan fingerprint density at radius 2 is 1.85 bits per heavy atom. The molecule has 0 aromatic carbocycles. The number of carboxylic acid groups (broad SMARTS) is 1. The number of nitrogens with zero attached hydrogens (tertiary/aromatic N) is 1. The molecule has 0 bridgehead atoms. The van der Waals surface area contributed by atoms with Crippen molar-refractivity contribution in [2.75, 3.05) is 13.1 Å². The lowest BCUT2D eigenvalue weighted by Crippen LogP contribution is -2.55. The third kappa shape index (κ3) is 6.53. The Hall–Kier alpha value is -2.32. The van der Waals surface area contributed by atoms with Gasteiger partial charge >= 0.3 is 12.1 Å². The molecule has 0 spiro atoms. The second-order valence-electron chi connectivity index (χ2n) is 7.67. The zero-order chi connectivity index (χ0) is 20.1. The van der Waals surface area contributed by atoms with Crippen LogP contribution in [0.15, 0.2) is 0 Å². The summed E-state index contributed by atoms with van der Waals surface area (Å²) >= 11 is 0. The van der Waals surface area contributed by atoms with Gasteiger partial charge in [-0.05, 0) is 39.5 Å². The summed E-state index contributed by atoms with van der Waals surface area (Å²) < 4.78 is 5.33. The minimum Gasteiger partial charge on any atom is -0.480 e. The molecule has 0 aromatic rings. The van der Waals surface area contributed by atoms with Crippen LogP contribution in [0.1, 0.15) is 47.5 Å². The Morgan fingerprint density at radius 1 is 1.23 bits per heavy atom. The number of carbonyl (C=O) groups is 4. The van der Waals surface area contributed by atoms with Gasteiger partial charge in [0.1, 0.15) is 24.2 Å². The Morgan fingerprint density at radius 3 is 2.35 bits per heavy atom. The molecule has 148 valence electrons. The molecule has 0 radical (unpaired) electrons. The second kappa shape index (κ2) is 8.86. The SMILES string of the molecule is CC(C)[C@H](NC(=O)[C@@H]1CCCN1C(=O)OC(C)(C)C)C(=O)NCC(=O)O. The first-order chi connectivity index (χ1) is 11.9. The number of nitrogens with one attached hydrogen (secondary N) is 2. The van der Waals surface area contributed by atoms with Crippen molar-refractivity contribution in [3.8, 4) is 0 Å². The molecule has 26 heavy (non-hydrogen) atoms. The zero-order valence-corrected chi connectivity index (χ0v) is 16.0. The fraction of sp³-hybridized carbons (Fsp3) is 0.765. The molecule has 1 aliphatic heterocycles. The third-order valence-corrected chi connectivity index (χ3v) is 3.84. The van der Waals surface area contributed by atoms with Gasteiger partial charge in [-0.2, -0.15) is 0 Å². The maximum Gasteiger partial charge on any atom is 0.410 e. The fourth-order valence-corrected chi connectivity index (χ4v) is 2.64. The van der Waals surface area contributed by atoms with E-state index in [1.165, 1.54) is 4.90 Å². The first-order valence-corrected chi connectivity index (χ1v) is 8.72. The number of carbonyl (C=O) groups excluding carboxylic acids is 3. The van der Waals surface area contributed by atoms with Crippen LogP contribution in [0, 0.1) is 5.92 Å². The van der Waals surface area contributed by atoms with Gasteiger partial charge in [0.25, 0.3) is 0 Å². The van der Waals surface area contributed by atoms with E-state index in [0.29, 0.717) is 19.4 Å². The molecule has 2 atom stereocenters.